The molecule has 11 nitrogen and oxygen atoms in total. The number of carbonyl (C=O) groups excluding carboxylic acids is 2. The number of carbonyl (C=O) groups is 2. The van der Waals surface area contributed by atoms with E-state index in [0.29, 0.717) is 73.4 Å². The topological polar surface area (TPSA) is 124 Å². The molecule has 0 saturated heterocycles. The van der Waals surface area contributed by atoms with Crippen molar-refractivity contribution in [1.82, 2.24) is 4.57 Å². The number of hydrogen-bond donors (Lipinski definition) is 0. The maximum atomic E-state index is 14.1. The van der Waals surface area contributed by atoms with E-state index in [1.54, 1.807) is 57.2 Å². The largest absolute Gasteiger partial charge is 0.490 e. The van der Waals surface area contributed by atoms with Gasteiger partial charge in [-0.05, 0) is 85.1 Å². The van der Waals surface area contributed by atoms with Gasteiger partial charge in [0.2, 0.25) is 0 Å². The van der Waals surface area contributed by atoms with Gasteiger partial charge in [-0.1, -0.05) is 30.1 Å². The summed E-state index contributed by atoms with van der Waals surface area (Å²) in [5, 5.41) is 0. The predicted octanol–water partition coefficient (Wildman–Crippen LogP) is 4.47. The maximum Gasteiger partial charge on any atom is 0.343 e. The van der Waals surface area contributed by atoms with Crippen molar-refractivity contribution in [3.63, 3.8) is 0 Å². The summed E-state index contributed by atoms with van der Waals surface area (Å²) in [4.78, 5) is 44.2. The van der Waals surface area contributed by atoms with E-state index in [4.69, 9.17) is 23.7 Å². The summed E-state index contributed by atoms with van der Waals surface area (Å²) in [5.41, 5.74) is 1.54. The molecule has 0 aliphatic carbocycles. The zero-order valence-corrected chi connectivity index (χ0v) is 28.6. The van der Waals surface area contributed by atoms with Gasteiger partial charge in [0.25, 0.3) is 5.56 Å². The molecule has 0 unspecified atom stereocenters. The van der Waals surface area contributed by atoms with Gasteiger partial charge in [0.05, 0.1) is 53.2 Å². The van der Waals surface area contributed by atoms with Crippen molar-refractivity contribution < 1.29 is 38.0 Å². The van der Waals surface area contributed by atoms with Crippen LogP contribution in [0.1, 0.15) is 44.9 Å². The van der Waals surface area contributed by atoms with Crippen molar-refractivity contribution in [3.8, 4) is 23.0 Å². The van der Waals surface area contributed by atoms with E-state index in [9.17, 15) is 14.4 Å². The summed E-state index contributed by atoms with van der Waals surface area (Å²) >= 11 is 4.75. The molecule has 1 aromatic heterocycles. The highest BCUT2D eigenvalue weighted by Crippen LogP contribution is 2.38. The molecule has 1 atom stereocenters. The highest BCUT2D eigenvalue weighted by molar-refractivity contribution is 9.10. The van der Waals surface area contributed by atoms with Crippen molar-refractivity contribution in [2.45, 2.75) is 33.7 Å². The van der Waals surface area contributed by atoms with Gasteiger partial charge in [-0.15, -0.1) is 0 Å². The van der Waals surface area contributed by atoms with Crippen LogP contribution in [0.5, 0.6) is 23.0 Å². The normalized spacial score (nSPS) is 14.2. The lowest BCUT2D eigenvalue weighted by Gasteiger charge is -2.25. The van der Waals surface area contributed by atoms with Crippen LogP contribution in [0.3, 0.4) is 0 Å². The average Bonchev–Trinajstić information content (AvgIpc) is 3.33. The van der Waals surface area contributed by atoms with Gasteiger partial charge >= 0.3 is 11.9 Å². The van der Waals surface area contributed by atoms with Crippen LogP contribution < -0.4 is 33.8 Å². The molecule has 0 radical (unpaired) electrons. The zero-order chi connectivity index (χ0) is 33.4. The second-order valence-electron chi connectivity index (χ2n) is 9.67. The number of rotatable bonds is 14. The van der Waals surface area contributed by atoms with Gasteiger partial charge in [0.15, 0.2) is 34.4 Å². The van der Waals surface area contributed by atoms with Gasteiger partial charge in [-0.2, -0.15) is 0 Å². The van der Waals surface area contributed by atoms with Crippen LogP contribution in [-0.2, 0) is 19.1 Å². The molecule has 0 bridgehead atoms. The number of ether oxygens (including phenoxy) is 6. The number of hydrogen-bond acceptors (Lipinski definition) is 11. The highest BCUT2D eigenvalue weighted by atomic mass is 79.9. The van der Waals surface area contributed by atoms with Crippen LogP contribution in [0.4, 0.5) is 0 Å². The van der Waals surface area contributed by atoms with E-state index in [0.717, 1.165) is 0 Å². The van der Waals surface area contributed by atoms with Gasteiger partial charge in [-0.25, -0.2) is 14.6 Å². The molecule has 244 valence electrons. The van der Waals surface area contributed by atoms with Crippen LogP contribution in [0.25, 0.3) is 6.08 Å². The first-order chi connectivity index (χ1) is 22.2. The fourth-order valence-corrected chi connectivity index (χ4v) is 6.37. The van der Waals surface area contributed by atoms with Crippen molar-refractivity contribution in [1.29, 1.82) is 0 Å². The monoisotopic (exact) mass is 714 g/mol. The Morgan fingerprint density at radius 2 is 1.76 bits per heavy atom. The van der Waals surface area contributed by atoms with Gasteiger partial charge in [0.1, 0.15) is 6.61 Å². The molecule has 0 fully saturated rings. The molecule has 2 heterocycles. The Labute approximate surface area is 278 Å². The number of halogens is 1. The van der Waals surface area contributed by atoms with Crippen LogP contribution in [-0.4, -0.2) is 56.6 Å². The van der Waals surface area contributed by atoms with Crippen LogP contribution >= 0.6 is 27.3 Å². The van der Waals surface area contributed by atoms with Crippen molar-refractivity contribution in [3.05, 3.63) is 89.5 Å². The fourth-order valence-electron chi connectivity index (χ4n) is 4.75. The van der Waals surface area contributed by atoms with E-state index < -0.39 is 18.0 Å². The lowest BCUT2D eigenvalue weighted by atomic mass is 9.95. The number of methoxy groups -OCH3 is 1. The first-order valence-electron chi connectivity index (χ1n) is 14.5. The minimum absolute atomic E-state index is 0.140. The molecule has 4 rings (SSSR count). The second kappa shape index (κ2) is 15.8. The van der Waals surface area contributed by atoms with Gasteiger partial charge < -0.3 is 28.4 Å². The molecule has 0 saturated carbocycles. The highest BCUT2D eigenvalue weighted by Gasteiger charge is 2.34. The van der Waals surface area contributed by atoms with Crippen LogP contribution in [0.15, 0.2) is 68.5 Å². The Morgan fingerprint density at radius 3 is 2.43 bits per heavy atom. The van der Waals surface area contributed by atoms with E-state index >= 15 is 0 Å². The fraction of sp³-hybridized carbons (Fsp3) is 0.333. The minimum Gasteiger partial charge on any atom is -0.490 e. The van der Waals surface area contributed by atoms with Crippen LogP contribution in [0.2, 0.25) is 0 Å². The molecule has 0 spiro atoms. The number of esters is 2. The zero-order valence-electron chi connectivity index (χ0n) is 26.2. The Morgan fingerprint density at radius 1 is 1.02 bits per heavy atom. The third-order valence-electron chi connectivity index (χ3n) is 6.65. The van der Waals surface area contributed by atoms with Crippen molar-refractivity contribution in [2.75, 3.05) is 40.1 Å². The Balaban J connectivity index is 1.89. The number of benzene rings is 2. The van der Waals surface area contributed by atoms with Gasteiger partial charge in [0, 0.05) is 0 Å². The number of allylic oxidation sites excluding steroid dienone is 1. The summed E-state index contributed by atoms with van der Waals surface area (Å²) in [6, 6.07) is 7.75. The Kier molecular flexibility index (Phi) is 11.8. The molecule has 1 aliphatic rings. The minimum atomic E-state index is -0.883. The van der Waals surface area contributed by atoms with E-state index in [-0.39, 0.29) is 24.3 Å². The lowest BCUT2D eigenvalue weighted by Crippen LogP contribution is -2.40. The summed E-state index contributed by atoms with van der Waals surface area (Å²) in [6.07, 6.45) is 3.38. The first-order valence-corrected chi connectivity index (χ1v) is 16.1. The molecule has 13 heteroatoms. The summed E-state index contributed by atoms with van der Waals surface area (Å²) in [6.45, 7) is 11.6. The molecular weight excluding hydrogens is 680 g/mol. The third kappa shape index (κ3) is 7.53. The summed E-state index contributed by atoms with van der Waals surface area (Å²) in [7, 11) is 1.27. The average molecular weight is 716 g/mol. The molecule has 1 aliphatic heterocycles. The quantitative estimate of drug-likeness (QED) is 0.176. The smallest absolute Gasteiger partial charge is 0.343 e. The molecule has 46 heavy (non-hydrogen) atoms. The lowest BCUT2D eigenvalue weighted by molar-refractivity contribution is -0.143. The summed E-state index contributed by atoms with van der Waals surface area (Å²) < 4.78 is 35.7. The van der Waals surface area contributed by atoms with Crippen molar-refractivity contribution in [2.24, 2.45) is 4.99 Å². The number of nitrogens with zero attached hydrogens (tertiary/aromatic N) is 2. The van der Waals surface area contributed by atoms with Crippen LogP contribution in [0, 0.1) is 0 Å². The number of fused-ring (bicyclic) bond motifs is 1. The molecule has 0 N–H and O–H groups in total. The molecule has 2 aromatic carbocycles. The van der Waals surface area contributed by atoms with E-state index in [1.807, 2.05) is 13.0 Å². The Bertz CT molecular complexity index is 1840. The molecule has 3 aromatic rings. The Hall–Kier alpha value is -4.36. The van der Waals surface area contributed by atoms with Crippen molar-refractivity contribution >= 4 is 45.3 Å². The maximum absolute atomic E-state index is 14.1. The standard InChI is InChI=1S/C33H35BrN2O9S/c1-7-13-44-30-22(34)14-20(15-25(30)42-9-3)16-26-31(38)36-29(28(32(39)43-10-4)19(5)35-33(36)46-26)21-11-12-23(24(17-21)41-8-2)45-18-27(37)40-6/h7,11-12,14-17,29H,1,8-10,13,18H2,2-6H3/b26-16+/t29-/m0/s1. The second-order valence-corrected chi connectivity index (χ2v) is 11.5. The van der Waals surface area contributed by atoms with E-state index in [2.05, 4.69) is 32.2 Å². The summed E-state index contributed by atoms with van der Waals surface area (Å²) in [5.74, 6) is 0.524. The molecular formula is C33H35BrN2O9S. The number of thiazole rings is 1. The SMILES string of the molecule is C=CCOc1c(Br)cc(/C=c2/sc3n(c2=O)[C@@H](c2ccc(OCC(=O)OC)c(OCC)c2)C(C(=O)OCC)=C(C)N=3)cc1OCC. The predicted molar refractivity (Wildman–Crippen MR) is 177 cm³/mol. The molecule has 0 amide bonds. The van der Waals surface area contributed by atoms with Gasteiger partial charge in [-0.3, -0.25) is 9.36 Å². The first kappa shape index (κ1) is 34.5. The number of aromatic nitrogens is 1. The van der Waals surface area contributed by atoms with E-state index in [1.165, 1.54) is 23.0 Å². The third-order valence-corrected chi connectivity index (χ3v) is 8.22.